The number of hydrogen-bond donors (Lipinski definition) is 1. The number of hydroxylamine groups is 1. The van der Waals surface area contributed by atoms with Gasteiger partial charge in [-0.15, -0.1) is 0 Å². The summed E-state index contributed by atoms with van der Waals surface area (Å²) in [5.74, 6) is 0.960. The Labute approximate surface area is 170 Å². The number of nitrogens with zero attached hydrogens (tertiary/aromatic N) is 4. The maximum atomic E-state index is 14.0. The van der Waals surface area contributed by atoms with E-state index in [1.165, 1.54) is 6.07 Å². The van der Waals surface area contributed by atoms with E-state index in [0.717, 1.165) is 11.4 Å². The van der Waals surface area contributed by atoms with E-state index in [0.29, 0.717) is 28.6 Å². The molecular formula is C21H18FN5O3. The quantitative estimate of drug-likeness (QED) is 0.557. The number of pyridine rings is 1. The molecule has 0 spiro atoms. The van der Waals surface area contributed by atoms with Gasteiger partial charge in [-0.1, -0.05) is 12.1 Å². The molecule has 0 saturated heterocycles. The molecule has 4 aromatic rings. The molecule has 0 radical (unpaired) electrons. The van der Waals surface area contributed by atoms with Crippen LogP contribution in [-0.4, -0.2) is 34.1 Å². The van der Waals surface area contributed by atoms with Crippen LogP contribution in [0.25, 0.3) is 16.7 Å². The Balaban J connectivity index is 1.50. The summed E-state index contributed by atoms with van der Waals surface area (Å²) in [6.45, 7) is 2.15. The number of aromatic nitrogens is 3. The zero-order valence-corrected chi connectivity index (χ0v) is 16.3. The molecule has 0 fully saturated rings. The smallest absolute Gasteiger partial charge is 0.238 e. The van der Waals surface area contributed by atoms with Gasteiger partial charge in [-0.25, -0.2) is 19.8 Å². The van der Waals surface area contributed by atoms with Crippen LogP contribution in [0.15, 0.2) is 58.3 Å². The van der Waals surface area contributed by atoms with Crippen molar-refractivity contribution in [3.8, 4) is 11.6 Å². The van der Waals surface area contributed by atoms with E-state index in [9.17, 15) is 4.39 Å². The summed E-state index contributed by atoms with van der Waals surface area (Å²) >= 11 is 0. The molecule has 3 aromatic heterocycles. The van der Waals surface area contributed by atoms with Gasteiger partial charge in [0.25, 0.3) is 0 Å². The van der Waals surface area contributed by atoms with Gasteiger partial charge in [0.2, 0.25) is 5.88 Å². The Morgan fingerprint density at radius 2 is 2.17 bits per heavy atom. The fourth-order valence-electron chi connectivity index (χ4n) is 3.35. The third-order valence-electron chi connectivity index (χ3n) is 4.80. The van der Waals surface area contributed by atoms with E-state index in [1.807, 2.05) is 29.8 Å². The first-order valence-electron chi connectivity index (χ1n) is 9.32. The number of aliphatic imine (C=N–C) groups is 1. The van der Waals surface area contributed by atoms with Gasteiger partial charge in [-0.3, -0.25) is 9.83 Å². The average Bonchev–Trinajstić information content (AvgIpc) is 3.40. The molecule has 1 atom stereocenters. The van der Waals surface area contributed by atoms with Gasteiger partial charge < -0.3 is 13.7 Å². The van der Waals surface area contributed by atoms with Gasteiger partial charge in [0, 0.05) is 11.6 Å². The van der Waals surface area contributed by atoms with Crippen molar-refractivity contribution in [2.45, 2.75) is 13.0 Å². The molecule has 0 amide bonds. The van der Waals surface area contributed by atoms with E-state index in [1.54, 1.807) is 31.6 Å². The van der Waals surface area contributed by atoms with Crippen LogP contribution in [0, 0.1) is 12.7 Å². The molecule has 1 N–H and O–H groups in total. The maximum absolute atomic E-state index is 14.0. The number of para-hydroxylation sites is 1. The summed E-state index contributed by atoms with van der Waals surface area (Å²) in [5.41, 5.74) is 5.18. The van der Waals surface area contributed by atoms with Crippen LogP contribution in [0.4, 0.5) is 4.39 Å². The SMILES string of the molecule is COc1nc(C2=NC(c3cc4cccc(F)c4o3)CON2)ccc1-n1cnc(C)c1. The van der Waals surface area contributed by atoms with Crippen molar-refractivity contribution < 1.29 is 18.4 Å². The van der Waals surface area contributed by atoms with Crippen LogP contribution in [0.2, 0.25) is 0 Å². The van der Waals surface area contributed by atoms with E-state index in [-0.39, 0.29) is 12.2 Å². The van der Waals surface area contributed by atoms with Crippen LogP contribution in [0.5, 0.6) is 5.88 Å². The highest BCUT2D eigenvalue weighted by atomic mass is 19.1. The van der Waals surface area contributed by atoms with Gasteiger partial charge in [0.05, 0.1) is 19.1 Å². The number of aryl methyl sites for hydroxylation is 1. The minimum Gasteiger partial charge on any atom is -0.479 e. The van der Waals surface area contributed by atoms with Gasteiger partial charge in [-0.05, 0) is 31.2 Å². The number of halogens is 1. The topological polar surface area (TPSA) is 86.7 Å². The Kier molecular flexibility index (Phi) is 4.44. The highest BCUT2D eigenvalue weighted by Gasteiger charge is 2.24. The van der Waals surface area contributed by atoms with Crippen LogP contribution in [0.1, 0.15) is 23.2 Å². The fourth-order valence-corrected chi connectivity index (χ4v) is 3.35. The molecule has 0 saturated carbocycles. The minimum absolute atomic E-state index is 0.211. The Morgan fingerprint density at radius 3 is 2.93 bits per heavy atom. The molecule has 30 heavy (non-hydrogen) atoms. The van der Waals surface area contributed by atoms with Crippen LogP contribution in [-0.2, 0) is 4.84 Å². The van der Waals surface area contributed by atoms with Crippen molar-refractivity contribution in [3.63, 3.8) is 0 Å². The van der Waals surface area contributed by atoms with Crippen molar-refractivity contribution in [3.05, 3.63) is 71.9 Å². The summed E-state index contributed by atoms with van der Waals surface area (Å²) < 4.78 is 27.0. The van der Waals surface area contributed by atoms with Crippen molar-refractivity contribution in [2.24, 2.45) is 4.99 Å². The number of ether oxygens (including phenoxy) is 1. The van der Waals surface area contributed by atoms with Gasteiger partial charge >= 0.3 is 0 Å². The van der Waals surface area contributed by atoms with Crippen molar-refractivity contribution in [1.82, 2.24) is 20.0 Å². The maximum Gasteiger partial charge on any atom is 0.238 e. The lowest BCUT2D eigenvalue weighted by Gasteiger charge is -2.20. The van der Waals surface area contributed by atoms with Crippen molar-refractivity contribution in [1.29, 1.82) is 0 Å². The van der Waals surface area contributed by atoms with Gasteiger partial charge in [0.15, 0.2) is 17.2 Å². The van der Waals surface area contributed by atoms with Crippen molar-refractivity contribution in [2.75, 3.05) is 13.7 Å². The Hall–Kier alpha value is -3.72. The third kappa shape index (κ3) is 3.18. The van der Waals surface area contributed by atoms with Gasteiger partial charge in [0.1, 0.15) is 29.8 Å². The summed E-state index contributed by atoms with van der Waals surface area (Å²) in [6, 6.07) is 9.82. The molecule has 0 aliphatic carbocycles. The summed E-state index contributed by atoms with van der Waals surface area (Å²) in [4.78, 5) is 18.9. The predicted molar refractivity (Wildman–Crippen MR) is 107 cm³/mol. The first kappa shape index (κ1) is 18.3. The molecule has 9 heteroatoms. The standard InChI is InChI=1S/C21H18FN5O3/c1-12-9-27(11-23-12)17-7-6-15(25-21(17)28-2)20-24-16(10-29-26-20)18-8-13-4-3-5-14(22)19(13)30-18/h3-9,11,16H,10H2,1-2H3,(H,24,26). The second-order valence-corrected chi connectivity index (χ2v) is 6.86. The second-order valence-electron chi connectivity index (χ2n) is 6.86. The highest BCUT2D eigenvalue weighted by molar-refractivity contribution is 5.97. The lowest BCUT2D eigenvalue weighted by Crippen LogP contribution is -2.33. The molecular weight excluding hydrogens is 389 g/mol. The number of imidazole rings is 1. The van der Waals surface area contributed by atoms with Crippen LogP contribution < -0.4 is 10.2 Å². The Bertz CT molecular complexity index is 1260. The minimum atomic E-state index is -0.434. The monoisotopic (exact) mass is 407 g/mol. The Morgan fingerprint density at radius 1 is 1.27 bits per heavy atom. The number of nitrogens with one attached hydrogen (secondary N) is 1. The molecule has 1 aromatic carbocycles. The van der Waals surface area contributed by atoms with E-state index in [4.69, 9.17) is 14.0 Å². The van der Waals surface area contributed by atoms with E-state index in [2.05, 4.69) is 20.4 Å². The zero-order chi connectivity index (χ0) is 20.7. The first-order chi connectivity index (χ1) is 14.6. The van der Waals surface area contributed by atoms with Crippen molar-refractivity contribution >= 4 is 16.8 Å². The molecule has 0 bridgehead atoms. The molecule has 1 aliphatic heterocycles. The predicted octanol–water partition coefficient (Wildman–Crippen LogP) is 3.49. The largest absolute Gasteiger partial charge is 0.479 e. The number of fused-ring (bicyclic) bond motifs is 1. The molecule has 1 aliphatic rings. The first-order valence-corrected chi connectivity index (χ1v) is 9.32. The summed E-state index contributed by atoms with van der Waals surface area (Å²) in [5, 5.41) is 0.681. The molecule has 4 heterocycles. The number of amidine groups is 1. The average molecular weight is 407 g/mol. The molecule has 5 rings (SSSR count). The zero-order valence-electron chi connectivity index (χ0n) is 16.3. The second kappa shape index (κ2) is 7.27. The van der Waals surface area contributed by atoms with E-state index < -0.39 is 11.9 Å². The number of methoxy groups -OCH3 is 1. The summed E-state index contributed by atoms with van der Waals surface area (Å²) in [7, 11) is 1.55. The lowest BCUT2D eigenvalue weighted by molar-refractivity contribution is 0.0580. The highest BCUT2D eigenvalue weighted by Crippen LogP contribution is 2.30. The number of hydrogen-bond acceptors (Lipinski definition) is 7. The lowest BCUT2D eigenvalue weighted by atomic mass is 10.2. The molecule has 152 valence electrons. The molecule has 8 nitrogen and oxygen atoms in total. The normalized spacial score (nSPS) is 16.4. The van der Waals surface area contributed by atoms with Crippen LogP contribution in [0.3, 0.4) is 0 Å². The number of furan rings is 1. The van der Waals surface area contributed by atoms with Gasteiger partial charge in [-0.2, -0.15) is 0 Å². The molecule has 1 unspecified atom stereocenters. The fraction of sp³-hybridized carbons (Fsp3) is 0.190. The number of rotatable bonds is 4. The number of benzene rings is 1. The van der Waals surface area contributed by atoms with E-state index >= 15 is 0 Å². The third-order valence-corrected chi connectivity index (χ3v) is 4.80. The van der Waals surface area contributed by atoms with Crippen LogP contribution >= 0.6 is 0 Å². The summed E-state index contributed by atoms with van der Waals surface area (Å²) in [6.07, 6.45) is 3.58.